The fraction of sp³-hybridized carbons (Fsp3) is 0.526. The molecular formula is C19H26ClN3O. The molecule has 3 rings (SSSR count). The van der Waals surface area contributed by atoms with Gasteiger partial charge in [-0.15, -0.1) is 0 Å². The lowest BCUT2D eigenvalue weighted by Crippen LogP contribution is -2.46. The van der Waals surface area contributed by atoms with Crippen molar-refractivity contribution in [2.45, 2.75) is 26.2 Å². The maximum absolute atomic E-state index is 12.6. The minimum atomic E-state index is 0.0683. The van der Waals surface area contributed by atoms with Crippen LogP contribution in [0, 0.1) is 5.92 Å². The molecule has 5 heteroatoms. The molecule has 1 N–H and O–H groups in total. The molecule has 1 aliphatic heterocycles. The van der Waals surface area contributed by atoms with Crippen molar-refractivity contribution < 1.29 is 4.79 Å². The second-order valence-electron chi connectivity index (χ2n) is 6.55. The monoisotopic (exact) mass is 347 g/mol. The number of benzene rings is 1. The summed E-state index contributed by atoms with van der Waals surface area (Å²) in [7, 11) is 0. The first-order valence-corrected chi connectivity index (χ1v) is 9.28. The Morgan fingerprint density at radius 3 is 2.71 bits per heavy atom. The molecule has 0 radical (unpaired) electrons. The van der Waals surface area contributed by atoms with Crippen molar-refractivity contribution in [3.05, 3.63) is 35.4 Å². The first-order chi connectivity index (χ1) is 11.7. The number of rotatable bonds is 4. The van der Waals surface area contributed by atoms with E-state index >= 15 is 0 Å². The van der Waals surface area contributed by atoms with Gasteiger partial charge in [-0.3, -0.25) is 4.79 Å². The average molecular weight is 348 g/mol. The average Bonchev–Trinajstić information content (AvgIpc) is 2.63. The second-order valence-corrected chi connectivity index (χ2v) is 6.99. The molecule has 4 nitrogen and oxygen atoms in total. The molecule has 24 heavy (non-hydrogen) atoms. The molecular weight excluding hydrogens is 322 g/mol. The third-order valence-electron chi connectivity index (χ3n) is 5.02. The zero-order valence-electron chi connectivity index (χ0n) is 14.3. The number of anilines is 2. The largest absolute Gasteiger partial charge is 0.367 e. The van der Waals surface area contributed by atoms with Gasteiger partial charge in [0.05, 0.1) is 11.4 Å². The molecule has 1 atom stereocenters. The molecule has 1 amide bonds. The minimum absolute atomic E-state index is 0.0683. The van der Waals surface area contributed by atoms with Crippen LogP contribution in [0.15, 0.2) is 30.4 Å². The predicted molar refractivity (Wildman–Crippen MR) is 101 cm³/mol. The van der Waals surface area contributed by atoms with E-state index in [1.165, 1.54) is 0 Å². The van der Waals surface area contributed by atoms with Gasteiger partial charge in [-0.25, -0.2) is 0 Å². The SMILES string of the molecule is CCN1CCN(c2ccc(Cl)cc2NC(=O)C2CC=CCC2)CC1. The summed E-state index contributed by atoms with van der Waals surface area (Å²) in [6, 6.07) is 5.81. The molecule has 0 aromatic heterocycles. The van der Waals surface area contributed by atoms with Gasteiger partial charge in [0.15, 0.2) is 0 Å². The summed E-state index contributed by atoms with van der Waals surface area (Å²) in [5, 5.41) is 3.79. The van der Waals surface area contributed by atoms with Gasteiger partial charge in [0.2, 0.25) is 5.91 Å². The van der Waals surface area contributed by atoms with Crippen LogP contribution in [0.25, 0.3) is 0 Å². The van der Waals surface area contributed by atoms with E-state index in [0.717, 1.165) is 63.4 Å². The van der Waals surface area contributed by atoms with Gasteiger partial charge in [-0.05, 0) is 44.0 Å². The Kier molecular flexibility index (Phi) is 5.80. The highest BCUT2D eigenvalue weighted by atomic mass is 35.5. The lowest BCUT2D eigenvalue weighted by molar-refractivity contribution is -0.120. The first-order valence-electron chi connectivity index (χ1n) is 8.90. The summed E-state index contributed by atoms with van der Waals surface area (Å²) in [6.45, 7) is 7.35. The summed E-state index contributed by atoms with van der Waals surface area (Å²) < 4.78 is 0. The number of carbonyl (C=O) groups excluding carboxylic acids is 1. The third-order valence-corrected chi connectivity index (χ3v) is 5.25. The van der Waals surface area contributed by atoms with Crippen LogP contribution in [0.3, 0.4) is 0 Å². The zero-order valence-corrected chi connectivity index (χ0v) is 15.1. The summed E-state index contributed by atoms with van der Waals surface area (Å²) in [5.41, 5.74) is 1.92. The van der Waals surface area contributed by atoms with Crippen molar-refractivity contribution >= 4 is 28.9 Å². The van der Waals surface area contributed by atoms with Crippen LogP contribution >= 0.6 is 11.6 Å². The smallest absolute Gasteiger partial charge is 0.227 e. The number of halogens is 1. The van der Waals surface area contributed by atoms with Gasteiger partial charge >= 0.3 is 0 Å². The Morgan fingerprint density at radius 2 is 2.04 bits per heavy atom. The van der Waals surface area contributed by atoms with Crippen LogP contribution in [-0.4, -0.2) is 43.5 Å². The number of likely N-dealkylation sites (N-methyl/N-ethyl adjacent to an activating group) is 1. The Labute approximate surface area is 149 Å². The standard InChI is InChI=1S/C19H26ClN3O/c1-2-22-10-12-23(13-11-22)18-9-8-16(20)14-17(18)21-19(24)15-6-4-3-5-7-15/h3-4,8-9,14-15H,2,5-7,10-13H2,1H3,(H,21,24). The van der Waals surface area contributed by atoms with Gasteiger partial charge in [-0.1, -0.05) is 30.7 Å². The summed E-state index contributed by atoms with van der Waals surface area (Å²) >= 11 is 6.18. The molecule has 1 unspecified atom stereocenters. The van der Waals surface area contributed by atoms with Crippen molar-refractivity contribution in [3.8, 4) is 0 Å². The van der Waals surface area contributed by atoms with Crippen LogP contribution in [0.2, 0.25) is 5.02 Å². The maximum Gasteiger partial charge on any atom is 0.227 e. The molecule has 1 heterocycles. The molecule has 1 aliphatic carbocycles. The Hall–Kier alpha value is -1.52. The maximum atomic E-state index is 12.6. The Balaban J connectivity index is 1.73. The van der Waals surface area contributed by atoms with Gasteiger partial charge in [-0.2, -0.15) is 0 Å². The molecule has 1 aromatic rings. The summed E-state index contributed by atoms with van der Waals surface area (Å²) in [4.78, 5) is 17.4. The van der Waals surface area contributed by atoms with Crippen molar-refractivity contribution in [1.29, 1.82) is 0 Å². The Morgan fingerprint density at radius 1 is 1.25 bits per heavy atom. The molecule has 1 aromatic carbocycles. The number of allylic oxidation sites excluding steroid dienone is 2. The fourth-order valence-electron chi connectivity index (χ4n) is 3.46. The number of amides is 1. The van der Waals surface area contributed by atoms with Gasteiger partial charge in [0.1, 0.15) is 0 Å². The van der Waals surface area contributed by atoms with Crippen LogP contribution in [-0.2, 0) is 4.79 Å². The van der Waals surface area contributed by atoms with Crippen LogP contribution in [0.1, 0.15) is 26.2 Å². The van der Waals surface area contributed by atoms with Gasteiger partial charge in [0.25, 0.3) is 0 Å². The van der Waals surface area contributed by atoms with E-state index in [1.807, 2.05) is 18.2 Å². The molecule has 0 bridgehead atoms. The molecule has 0 saturated carbocycles. The second kappa shape index (κ2) is 8.04. The van der Waals surface area contributed by atoms with E-state index in [-0.39, 0.29) is 11.8 Å². The quantitative estimate of drug-likeness (QED) is 0.842. The van der Waals surface area contributed by atoms with Crippen LogP contribution in [0.5, 0.6) is 0 Å². The van der Waals surface area contributed by atoms with E-state index in [2.05, 4.69) is 34.2 Å². The number of carbonyl (C=O) groups is 1. The van der Waals surface area contributed by atoms with E-state index < -0.39 is 0 Å². The van der Waals surface area contributed by atoms with Crippen LogP contribution < -0.4 is 10.2 Å². The van der Waals surface area contributed by atoms with E-state index in [0.29, 0.717) is 5.02 Å². The number of piperazine rings is 1. The van der Waals surface area contributed by atoms with Crippen LogP contribution in [0.4, 0.5) is 11.4 Å². The molecule has 1 fully saturated rings. The van der Waals surface area contributed by atoms with Crippen molar-refractivity contribution in [3.63, 3.8) is 0 Å². The molecule has 130 valence electrons. The first kappa shape index (κ1) is 17.3. The highest BCUT2D eigenvalue weighted by Crippen LogP contribution is 2.31. The number of hydrogen-bond acceptors (Lipinski definition) is 3. The highest BCUT2D eigenvalue weighted by Gasteiger charge is 2.22. The van der Waals surface area contributed by atoms with Crippen molar-refractivity contribution in [2.75, 3.05) is 42.9 Å². The lowest BCUT2D eigenvalue weighted by Gasteiger charge is -2.36. The predicted octanol–water partition coefficient (Wildman–Crippen LogP) is 3.78. The Bertz CT molecular complexity index is 609. The van der Waals surface area contributed by atoms with Crippen molar-refractivity contribution in [2.24, 2.45) is 5.92 Å². The van der Waals surface area contributed by atoms with Gasteiger partial charge in [0, 0.05) is 37.1 Å². The third kappa shape index (κ3) is 4.11. The normalized spacial score (nSPS) is 21.8. The summed E-state index contributed by atoms with van der Waals surface area (Å²) in [6.07, 6.45) is 7.00. The minimum Gasteiger partial charge on any atom is -0.367 e. The zero-order chi connectivity index (χ0) is 16.9. The van der Waals surface area contributed by atoms with Gasteiger partial charge < -0.3 is 15.1 Å². The number of hydrogen-bond donors (Lipinski definition) is 1. The molecule has 2 aliphatic rings. The van der Waals surface area contributed by atoms with E-state index in [9.17, 15) is 4.79 Å². The fourth-order valence-corrected chi connectivity index (χ4v) is 3.63. The topological polar surface area (TPSA) is 35.6 Å². The number of nitrogens with zero attached hydrogens (tertiary/aromatic N) is 2. The van der Waals surface area contributed by atoms with Crippen molar-refractivity contribution in [1.82, 2.24) is 4.90 Å². The lowest BCUT2D eigenvalue weighted by atomic mass is 9.93. The van der Waals surface area contributed by atoms with E-state index in [4.69, 9.17) is 11.6 Å². The number of nitrogens with one attached hydrogen (secondary N) is 1. The highest BCUT2D eigenvalue weighted by molar-refractivity contribution is 6.31. The van der Waals surface area contributed by atoms with E-state index in [1.54, 1.807) is 0 Å². The molecule has 0 spiro atoms. The molecule has 1 saturated heterocycles. The summed E-state index contributed by atoms with van der Waals surface area (Å²) in [5.74, 6) is 0.175.